The predicted molar refractivity (Wildman–Crippen MR) is 109 cm³/mol. The standard InChI is InChI=1S/C23H30N2O/c1-8-19(9-2)21-17(6)13-25-20(21)12-18(7)24-23(25)26-22-15(4)10-14(3)11-16(22)5/h10-13,19H,8-9H2,1-7H3. The van der Waals surface area contributed by atoms with E-state index in [2.05, 4.69) is 70.3 Å². The number of aromatic nitrogens is 2. The van der Waals surface area contributed by atoms with Crippen LogP contribution >= 0.6 is 0 Å². The van der Waals surface area contributed by atoms with Crippen LogP contribution in [0.2, 0.25) is 0 Å². The van der Waals surface area contributed by atoms with Gasteiger partial charge in [0.05, 0.1) is 5.52 Å². The lowest BCUT2D eigenvalue weighted by atomic mass is 9.92. The Bertz CT molecular complexity index is 925. The van der Waals surface area contributed by atoms with Crippen LogP contribution in [-0.2, 0) is 0 Å². The highest BCUT2D eigenvalue weighted by Crippen LogP contribution is 2.35. The van der Waals surface area contributed by atoms with Gasteiger partial charge in [-0.3, -0.25) is 4.40 Å². The fraction of sp³-hybridized carbons (Fsp3) is 0.435. The Kier molecular flexibility index (Phi) is 5.08. The molecule has 2 aromatic heterocycles. The second kappa shape index (κ2) is 7.14. The third-order valence-electron chi connectivity index (χ3n) is 5.30. The number of rotatable bonds is 5. The van der Waals surface area contributed by atoms with Crippen molar-refractivity contribution in [2.75, 3.05) is 0 Å². The quantitative estimate of drug-likeness (QED) is 0.520. The lowest BCUT2D eigenvalue weighted by molar-refractivity contribution is 0.427. The van der Waals surface area contributed by atoms with Crippen LogP contribution in [0, 0.1) is 34.6 Å². The molecule has 0 amide bonds. The predicted octanol–water partition coefficient (Wildman–Crippen LogP) is 6.57. The molecule has 0 unspecified atom stereocenters. The fourth-order valence-corrected chi connectivity index (χ4v) is 4.12. The van der Waals surface area contributed by atoms with E-state index in [1.165, 1.54) is 22.2 Å². The molecule has 0 bridgehead atoms. The van der Waals surface area contributed by atoms with Crippen molar-refractivity contribution in [2.24, 2.45) is 0 Å². The topological polar surface area (TPSA) is 26.5 Å². The van der Waals surface area contributed by atoms with Crippen molar-refractivity contribution in [3.63, 3.8) is 0 Å². The molecule has 0 aliphatic carbocycles. The minimum atomic E-state index is 0.567. The van der Waals surface area contributed by atoms with Crippen molar-refractivity contribution in [3.8, 4) is 11.8 Å². The minimum absolute atomic E-state index is 0.567. The van der Waals surface area contributed by atoms with E-state index in [4.69, 9.17) is 9.72 Å². The second-order valence-electron chi connectivity index (χ2n) is 7.50. The lowest BCUT2D eigenvalue weighted by Gasteiger charge is -2.16. The molecule has 0 aliphatic rings. The number of fused-ring (bicyclic) bond motifs is 1. The number of benzene rings is 1. The van der Waals surface area contributed by atoms with Crippen molar-refractivity contribution >= 4 is 5.52 Å². The maximum absolute atomic E-state index is 6.36. The van der Waals surface area contributed by atoms with E-state index in [9.17, 15) is 0 Å². The van der Waals surface area contributed by atoms with Crippen molar-refractivity contribution in [3.05, 3.63) is 57.9 Å². The Hall–Kier alpha value is -2.29. The lowest BCUT2D eigenvalue weighted by Crippen LogP contribution is -2.02. The SMILES string of the molecule is CCC(CC)c1c(C)cn2c(Oc3c(C)cc(C)cc3C)nc(C)cc12. The van der Waals surface area contributed by atoms with Gasteiger partial charge in [0.15, 0.2) is 0 Å². The number of hydrogen-bond acceptors (Lipinski definition) is 2. The summed E-state index contributed by atoms with van der Waals surface area (Å²) in [5, 5.41) is 0. The molecule has 0 fully saturated rings. The Balaban J connectivity index is 2.18. The number of aryl methyl sites for hydroxylation is 5. The smallest absolute Gasteiger partial charge is 0.306 e. The summed E-state index contributed by atoms with van der Waals surface area (Å²) in [7, 11) is 0. The largest absolute Gasteiger partial charge is 0.425 e. The van der Waals surface area contributed by atoms with Crippen LogP contribution in [0.3, 0.4) is 0 Å². The first-order chi connectivity index (χ1) is 12.3. The van der Waals surface area contributed by atoms with Gasteiger partial charge in [-0.15, -0.1) is 0 Å². The van der Waals surface area contributed by atoms with Gasteiger partial charge in [0, 0.05) is 11.9 Å². The summed E-state index contributed by atoms with van der Waals surface area (Å²) in [5.41, 5.74) is 8.49. The monoisotopic (exact) mass is 350 g/mol. The molecule has 3 aromatic rings. The molecule has 1 aromatic carbocycles. The number of nitrogens with zero attached hydrogens (tertiary/aromatic N) is 2. The zero-order valence-electron chi connectivity index (χ0n) is 17.1. The average Bonchev–Trinajstić information content (AvgIpc) is 2.89. The van der Waals surface area contributed by atoms with Gasteiger partial charge >= 0.3 is 6.01 Å². The molecule has 0 radical (unpaired) electrons. The molecule has 0 spiro atoms. The number of hydrogen-bond donors (Lipinski definition) is 0. The summed E-state index contributed by atoms with van der Waals surface area (Å²) in [5.74, 6) is 1.47. The summed E-state index contributed by atoms with van der Waals surface area (Å²) < 4.78 is 8.48. The first kappa shape index (κ1) is 18.5. The summed E-state index contributed by atoms with van der Waals surface area (Å²) in [6.45, 7) is 15.1. The zero-order valence-corrected chi connectivity index (χ0v) is 17.1. The maximum atomic E-state index is 6.36. The summed E-state index contributed by atoms with van der Waals surface area (Å²) >= 11 is 0. The van der Waals surface area contributed by atoms with E-state index in [0.29, 0.717) is 11.9 Å². The Morgan fingerprint density at radius 1 is 0.923 bits per heavy atom. The van der Waals surface area contributed by atoms with Gasteiger partial charge in [-0.2, -0.15) is 0 Å². The Morgan fingerprint density at radius 3 is 2.12 bits per heavy atom. The highest BCUT2D eigenvalue weighted by Gasteiger charge is 2.19. The van der Waals surface area contributed by atoms with Crippen molar-refractivity contribution in [1.29, 1.82) is 0 Å². The van der Waals surface area contributed by atoms with Crippen LogP contribution in [0.4, 0.5) is 0 Å². The third-order valence-corrected chi connectivity index (χ3v) is 5.30. The molecule has 3 heteroatoms. The summed E-state index contributed by atoms with van der Waals surface area (Å²) in [6, 6.07) is 7.15. The first-order valence-electron chi connectivity index (χ1n) is 9.60. The minimum Gasteiger partial charge on any atom is -0.425 e. The highest BCUT2D eigenvalue weighted by atomic mass is 16.5. The van der Waals surface area contributed by atoms with Crippen molar-refractivity contribution in [1.82, 2.24) is 9.38 Å². The van der Waals surface area contributed by atoms with E-state index in [1.54, 1.807) is 0 Å². The van der Waals surface area contributed by atoms with E-state index >= 15 is 0 Å². The second-order valence-corrected chi connectivity index (χ2v) is 7.50. The molecule has 2 heterocycles. The van der Waals surface area contributed by atoms with Gasteiger partial charge in [-0.1, -0.05) is 31.5 Å². The summed E-state index contributed by atoms with van der Waals surface area (Å²) in [4.78, 5) is 4.71. The zero-order chi connectivity index (χ0) is 19.0. The van der Waals surface area contributed by atoms with E-state index in [-0.39, 0.29) is 0 Å². The molecule has 26 heavy (non-hydrogen) atoms. The third kappa shape index (κ3) is 3.23. The molecular formula is C23H30N2O. The number of ether oxygens (including phenoxy) is 1. The maximum Gasteiger partial charge on any atom is 0.306 e. The van der Waals surface area contributed by atoms with Gasteiger partial charge in [-0.05, 0) is 81.7 Å². The van der Waals surface area contributed by atoms with Crippen LogP contribution in [0.15, 0.2) is 24.4 Å². The molecule has 0 aliphatic heterocycles. The van der Waals surface area contributed by atoms with Crippen LogP contribution in [0.25, 0.3) is 5.52 Å². The van der Waals surface area contributed by atoms with Gasteiger partial charge < -0.3 is 4.74 Å². The molecule has 0 N–H and O–H groups in total. The molecule has 0 saturated heterocycles. The van der Waals surface area contributed by atoms with Crippen LogP contribution in [-0.4, -0.2) is 9.38 Å². The van der Waals surface area contributed by atoms with Crippen LogP contribution < -0.4 is 4.74 Å². The molecule has 3 nitrogen and oxygen atoms in total. The van der Waals surface area contributed by atoms with E-state index in [1.807, 2.05) is 6.92 Å². The molecule has 3 rings (SSSR count). The molecular weight excluding hydrogens is 320 g/mol. The Labute approximate surface area is 157 Å². The molecule has 0 atom stereocenters. The van der Waals surface area contributed by atoms with Gasteiger partial charge in [0.25, 0.3) is 0 Å². The Morgan fingerprint density at radius 2 is 1.54 bits per heavy atom. The van der Waals surface area contributed by atoms with Crippen molar-refractivity contribution in [2.45, 2.75) is 67.2 Å². The highest BCUT2D eigenvalue weighted by molar-refractivity contribution is 5.62. The van der Waals surface area contributed by atoms with Gasteiger partial charge in [0.2, 0.25) is 0 Å². The first-order valence-corrected chi connectivity index (χ1v) is 9.60. The van der Waals surface area contributed by atoms with Gasteiger partial charge in [0.1, 0.15) is 5.75 Å². The van der Waals surface area contributed by atoms with Crippen LogP contribution in [0.5, 0.6) is 11.8 Å². The molecule has 138 valence electrons. The van der Waals surface area contributed by atoms with Crippen molar-refractivity contribution < 1.29 is 4.74 Å². The average molecular weight is 351 g/mol. The normalized spacial score (nSPS) is 11.5. The van der Waals surface area contributed by atoms with E-state index in [0.717, 1.165) is 35.4 Å². The fourth-order valence-electron chi connectivity index (χ4n) is 4.12. The van der Waals surface area contributed by atoms with E-state index < -0.39 is 0 Å². The molecule has 0 saturated carbocycles. The summed E-state index contributed by atoms with van der Waals surface area (Å²) in [6.07, 6.45) is 4.46. The van der Waals surface area contributed by atoms with Crippen LogP contribution in [0.1, 0.15) is 66.1 Å². The van der Waals surface area contributed by atoms with Gasteiger partial charge in [-0.25, -0.2) is 4.98 Å².